The van der Waals surface area contributed by atoms with Gasteiger partial charge < -0.3 is 0 Å². The van der Waals surface area contributed by atoms with Gasteiger partial charge in [0.2, 0.25) is 0 Å². The highest BCUT2D eigenvalue weighted by Gasteiger charge is 2.05. The molecule has 0 saturated carbocycles. The fourth-order valence-electron chi connectivity index (χ4n) is 1.38. The Labute approximate surface area is 118 Å². The lowest BCUT2D eigenvalue weighted by molar-refractivity contribution is -0.117. The van der Waals surface area contributed by atoms with Crippen LogP contribution in [0.25, 0.3) is 6.08 Å². The third kappa shape index (κ3) is 4.03. The van der Waals surface area contributed by atoms with Crippen molar-refractivity contribution in [3.05, 3.63) is 64.1 Å². The zero-order chi connectivity index (χ0) is 14.4. The lowest BCUT2D eigenvalue weighted by atomic mass is 10.2. The highest BCUT2D eigenvalue weighted by molar-refractivity contribution is 7.12. The van der Waals surface area contributed by atoms with Crippen LogP contribution in [0, 0.1) is 5.82 Å². The number of amides is 2. The topological polar surface area (TPSA) is 58.2 Å². The van der Waals surface area contributed by atoms with Crippen molar-refractivity contribution in [3.63, 3.8) is 0 Å². The first-order chi connectivity index (χ1) is 9.65. The zero-order valence-electron chi connectivity index (χ0n) is 10.3. The van der Waals surface area contributed by atoms with Crippen LogP contribution in [0.4, 0.5) is 4.39 Å². The number of benzene rings is 1. The monoisotopic (exact) mass is 290 g/mol. The second-order valence-corrected chi connectivity index (χ2v) is 4.75. The molecule has 6 heteroatoms. The van der Waals surface area contributed by atoms with Gasteiger partial charge in [-0.1, -0.05) is 18.2 Å². The summed E-state index contributed by atoms with van der Waals surface area (Å²) in [6, 6.07) is 9.09. The second kappa shape index (κ2) is 6.63. The van der Waals surface area contributed by atoms with Gasteiger partial charge in [-0.15, -0.1) is 11.3 Å². The molecule has 2 aromatic rings. The van der Waals surface area contributed by atoms with E-state index in [1.807, 2.05) is 0 Å². The molecule has 0 aliphatic rings. The van der Waals surface area contributed by atoms with Gasteiger partial charge in [-0.25, -0.2) is 4.39 Å². The number of hydrazine groups is 1. The van der Waals surface area contributed by atoms with Crippen LogP contribution < -0.4 is 10.9 Å². The van der Waals surface area contributed by atoms with Gasteiger partial charge in [0, 0.05) is 6.08 Å². The van der Waals surface area contributed by atoms with Gasteiger partial charge in [0.05, 0.1) is 4.88 Å². The highest BCUT2D eigenvalue weighted by atomic mass is 32.1. The first-order valence-corrected chi connectivity index (χ1v) is 6.60. The van der Waals surface area contributed by atoms with Gasteiger partial charge in [0.25, 0.3) is 11.8 Å². The van der Waals surface area contributed by atoms with E-state index in [2.05, 4.69) is 10.9 Å². The molecule has 2 N–H and O–H groups in total. The summed E-state index contributed by atoms with van der Waals surface area (Å²) in [6.45, 7) is 0. The average Bonchev–Trinajstić information content (AvgIpc) is 2.98. The minimum absolute atomic E-state index is 0.338. The minimum atomic E-state index is -0.473. The molecule has 0 radical (unpaired) electrons. The maximum Gasteiger partial charge on any atom is 0.279 e. The quantitative estimate of drug-likeness (QED) is 0.673. The molecule has 4 nitrogen and oxygen atoms in total. The average molecular weight is 290 g/mol. The minimum Gasteiger partial charge on any atom is -0.268 e. The van der Waals surface area contributed by atoms with Crippen molar-refractivity contribution >= 4 is 29.2 Å². The summed E-state index contributed by atoms with van der Waals surface area (Å²) >= 11 is 1.28. The number of rotatable bonds is 3. The predicted molar refractivity (Wildman–Crippen MR) is 75.4 cm³/mol. The van der Waals surface area contributed by atoms with E-state index in [0.29, 0.717) is 10.4 Å². The third-order valence-corrected chi connectivity index (χ3v) is 3.21. The number of nitrogens with one attached hydrogen (secondary N) is 2. The number of carbonyl (C=O) groups excluding carboxylic acids is 2. The van der Waals surface area contributed by atoms with Crippen molar-refractivity contribution in [1.29, 1.82) is 0 Å². The van der Waals surface area contributed by atoms with E-state index in [0.717, 1.165) is 0 Å². The molecule has 1 aromatic carbocycles. The van der Waals surface area contributed by atoms with Crippen molar-refractivity contribution in [1.82, 2.24) is 10.9 Å². The normalized spacial score (nSPS) is 10.4. The second-order valence-electron chi connectivity index (χ2n) is 3.81. The van der Waals surface area contributed by atoms with Crippen molar-refractivity contribution in [2.45, 2.75) is 0 Å². The molecule has 0 aliphatic carbocycles. The van der Waals surface area contributed by atoms with E-state index in [1.165, 1.54) is 35.6 Å². The van der Waals surface area contributed by atoms with Gasteiger partial charge in [0.1, 0.15) is 5.82 Å². The molecule has 102 valence electrons. The van der Waals surface area contributed by atoms with Crippen LogP contribution >= 0.6 is 11.3 Å². The number of hydrogen-bond acceptors (Lipinski definition) is 3. The van der Waals surface area contributed by atoms with Crippen LogP contribution in [0.2, 0.25) is 0 Å². The maximum atomic E-state index is 12.7. The van der Waals surface area contributed by atoms with Gasteiger partial charge in [-0.2, -0.15) is 0 Å². The molecular weight excluding hydrogens is 279 g/mol. The Morgan fingerprint density at radius 1 is 1.10 bits per heavy atom. The summed E-state index contributed by atoms with van der Waals surface area (Å²) in [7, 11) is 0. The van der Waals surface area contributed by atoms with Crippen LogP contribution in [-0.4, -0.2) is 11.8 Å². The summed E-state index contributed by atoms with van der Waals surface area (Å²) in [6.07, 6.45) is 2.77. The molecule has 0 unspecified atom stereocenters. The van der Waals surface area contributed by atoms with E-state index in [4.69, 9.17) is 0 Å². The third-order valence-electron chi connectivity index (χ3n) is 2.34. The Hall–Kier alpha value is -2.47. The Morgan fingerprint density at radius 2 is 1.85 bits per heavy atom. The van der Waals surface area contributed by atoms with Gasteiger partial charge >= 0.3 is 0 Å². The Morgan fingerprint density at radius 3 is 2.50 bits per heavy atom. The predicted octanol–water partition coefficient (Wildman–Crippen LogP) is 2.36. The Bertz CT molecular complexity index is 621. The molecule has 2 amide bonds. The van der Waals surface area contributed by atoms with Crippen LogP contribution in [0.5, 0.6) is 0 Å². The standard InChI is InChI=1S/C14H11FN2O2S/c15-11-6-3-10(4-7-11)5-8-13(18)16-17-14(19)12-2-1-9-20-12/h1-9H,(H,16,18)(H,17,19)/b8-5+. The van der Waals surface area contributed by atoms with Gasteiger partial charge in [-0.3, -0.25) is 20.4 Å². The summed E-state index contributed by atoms with van der Waals surface area (Å²) in [5, 5.41) is 1.77. The molecule has 0 spiro atoms. The molecule has 0 atom stereocenters. The Balaban J connectivity index is 1.83. The first-order valence-electron chi connectivity index (χ1n) is 5.72. The molecule has 0 aliphatic heterocycles. The lowest BCUT2D eigenvalue weighted by Crippen LogP contribution is -2.40. The molecule has 0 bridgehead atoms. The SMILES string of the molecule is O=C(/C=C/c1ccc(F)cc1)NNC(=O)c1cccs1. The van der Waals surface area contributed by atoms with Crippen LogP contribution in [0.1, 0.15) is 15.2 Å². The fourth-order valence-corrected chi connectivity index (χ4v) is 1.99. The number of thiophene rings is 1. The van der Waals surface area contributed by atoms with Crippen molar-refractivity contribution in [2.24, 2.45) is 0 Å². The molecular formula is C14H11FN2O2S. The number of hydrogen-bond donors (Lipinski definition) is 2. The Kier molecular flexibility index (Phi) is 4.62. The van der Waals surface area contributed by atoms with Crippen molar-refractivity contribution in [3.8, 4) is 0 Å². The van der Waals surface area contributed by atoms with E-state index in [1.54, 1.807) is 29.6 Å². The zero-order valence-corrected chi connectivity index (χ0v) is 11.1. The fraction of sp³-hybridized carbons (Fsp3) is 0. The molecule has 2 rings (SSSR count). The summed E-state index contributed by atoms with van der Waals surface area (Å²) < 4.78 is 12.7. The molecule has 0 saturated heterocycles. The summed E-state index contributed by atoms with van der Waals surface area (Å²) in [5.41, 5.74) is 5.24. The summed E-state index contributed by atoms with van der Waals surface area (Å²) in [4.78, 5) is 23.5. The van der Waals surface area contributed by atoms with E-state index < -0.39 is 5.91 Å². The van der Waals surface area contributed by atoms with Gasteiger partial charge in [-0.05, 0) is 35.2 Å². The molecule has 1 aromatic heterocycles. The number of carbonyl (C=O) groups is 2. The van der Waals surface area contributed by atoms with E-state index >= 15 is 0 Å². The van der Waals surface area contributed by atoms with Crippen molar-refractivity contribution < 1.29 is 14.0 Å². The van der Waals surface area contributed by atoms with Crippen LogP contribution in [-0.2, 0) is 4.79 Å². The van der Waals surface area contributed by atoms with E-state index in [9.17, 15) is 14.0 Å². The van der Waals surface area contributed by atoms with Crippen LogP contribution in [0.3, 0.4) is 0 Å². The lowest BCUT2D eigenvalue weighted by Gasteiger charge is -2.02. The van der Waals surface area contributed by atoms with Crippen molar-refractivity contribution in [2.75, 3.05) is 0 Å². The smallest absolute Gasteiger partial charge is 0.268 e. The number of halogens is 1. The largest absolute Gasteiger partial charge is 0.279 e. The maximum absolute atomic E-state index is 12.7. The highest BCUT2D eigenvalue weighted by Crippen LogP contribution is 2.07. The molecule has 20 heavy (non-hydrogen) atoms. The van der Waals surface area contributed by atoms with E-state index in [-0.39, 0.29) is 11.7 Å². The molecule has 1 heterocycles. The van der Waals surface area contributed by atoms with Gasteiger partial charge in [0.15, 0.2) is 0 Å². The molecule has 0 fully saturated rings. The first kappa shape index (κ1) is 14.0. The summed E-state index contributed by atoms with van der Waals surface area (Å²) in [5.74, 6) is -1.18. The van der Waals surface area contributed by atoms with Crippen LogP contribution in [0.15, 0.2) is 47.9 Å².